The third-order valence-electron chi connectivity index (χ3n) is 3.70. The number of aryl methyl sites for hydroxylation is 2. The smallest absolute Gasteiger partial charge is 0.338 e. The van der Waals surface area contributed by atoms with Crippen molar-refractivity contribution in [1.82, 2.24) is 0 Å². The number of carbonyl (C=O) groups is 3. The van der Waals surface area contributed by atoms with Gasteiger partial charge in [-0.25, -0.2) is 4.79 Å². The number of anilines is 2. The summed E-state index contributed by atoms with van der Waals surface area (Å²) in [5.74, 6) is -1.37. The number of carbonyl (C=O) groups excluding carboxylic acids is 3. The first-order valence-corrected chi connectivity index (χ1v) is 8.81. The molecule has 0 atom stereocenters. The number of nitrogens with one attached hydrogen (secondary N) is 2. The van der Waals surface area contributed by atoms with E-state index >= 15 is 0 Å². The van der Waals surface area contributed by atoms with Gasteiger partial charge in [0.1, 0.15) is 6.42 Å². The van der Waals surface area contributed by atoms with Crippen molar-refractivity contribution in [2.24, 2.45) is 0 Å². The van der Waals surface area contributed by atoms with E-state index in [2.05, 4.69) is 10.6 Å². The van der Waals surface area contributed by atoms with Gasteiger partial charge in [-0.3, -0.25) is 9.59 Å². The summed E-state index contributed by atoms with van der Waals surface area (Å²) in [5, 5.41) is 5.70. The second-order valence-electron chi connectivity index (χ2n) is 6.01. The van der Waals surface area contributed by atoms with E-state index in [4.69, 9.17) is 16.3 Å². The van der Waals surface area contributed by atoms with Crippen LogP contribution in [0, 0.1) is 13.8 Å². The van der Waals surface area contributed by atoms with Gasteiger partial charge < -0.3 is 15.4 Å². The monoisotopic (exact) mass is 388 g/mol. The molecule has 0 bridgehead atoms. The molecule has 2 amide bonds. The van der Waals surface area contributed by atoms with Crippen molar-refractivity contribution < 1.29 is 19.1 Å². The number of amides is 2. The zero-order valence-electron chi connectivity index (χ0n) is 15.4. The molecule has 7 heteroatoms. The van der Waals surface area contributed by atoms with Gasteiger partial charge in [-0.15, -0.1) is 0 Å². The van der Waals surface area contributed by atoms with Crippen LogP contribution in [0.1, 0.15) is 34.8 Å². The fraction of sp³-hybridized carbons (Fsp3) is 0.250. The lowest BCUT2D eigenvalue weighted by Gasteiger charge is -2.12. The van der Waals surface area contributed by atoms with Gasteiger partial charge >= 0.3 is 5.97 Å². The summed E-state index contributed by atoms with van der Waals surface area (Å²) in [6.45, 7) is 5.75. The molecule has 2 rings (SSSR count). The largest absolute Gasteiger partial charge is 0.462 e. The highest BCUT2D eigenvalue weighted by atomic mass is 35.5. The SMILES string of the molecule is CCOC(=O)c1ccc(NC(=O)CC(=O)Nc2c(C)cc(C)cc2Cl)cc1. The van der Waals surface area contributed by atoms with Crippen LogP contribution >= 0.6 is 11.6 Å². The highest BCUT2D eigenvalue weighted by Gasteiger charge is 2.14. The third-order valence-corrected chi connectivity index (χ3v) is 4.00. The van der Waals surface area contributed by atoms with E-state index < -0.39 is 17.8 Å². The summed E-state index contributed by atoms with van der Waals surface area (Å²) in [6.07, 6.45) is -0.358. The van der Waals surface area contributed by atoms with Crippen LogP contribution in [0.25, 0.3) is 0 Å². The second-order valence-corrected chi connectivity index (χ2v) is 6.42. The molecule has 2 aromatic rings. The minimum atomic E-state index is -0.475. The maximum absolute atomic E-state index is 12.1. The van der Waals surface area contributed by atoms with Crippen molar-refractivity contribution in [3.63, 3.8) is 0 Å². The van der Waals surface area contributed by atoms with Crippen molar-refractivity contribution in [2.45, 2.75) is 27.2 Å². The molecular formula is C20H21ClN2O4. The van der Waals surface area contributed by atoms with Gasteiger partial charge in [0, 0.05) is 5.69 Å². The molecule has 0 radical (unpaired) electrons. The minimum Gasteiger partial charge on any atom is -0.462 e. The Hall–Kier alpha value is -2.86. The Balaban J connectivity index is 1.94. The number of benzene rings is 2. The number of hydrogen-bond donors (Lipinski definition) is 2. The highest BCUT2D eigenvalue weighted by Crippen LogP contribution is 2.27. The number of hydrogen-bond acceptors (Lipinski definition) is 4. The Morgan fingerprint density at radius 2 is 1.63 bits per heavy atom. The number of ether oxygens (including phenoxy) is 1. The standard InChI is InChI=1S/C20H21ClN2O4/c1-4-27-20(26)14-5-7-15(8-6-14)22-17(24)11-18(25)23-19-13(3)9-12(2)10-16(19)21/h5-10H,4,11H2,1-3H3,(H,22,24)(H,23,25). The molecule has 0 fully saturated rings. The lowest BCUT2D eigenvalue weighted by molar-refractivity contribution is -0.123. The Labute approximate surface area is 162 Å². The molecule has 142 valence electrons. The number of esters is 1. The average Bonchev–Trinajstić information content (AvgIpc) is 2.58. The van der Waals surface area contributed by atoms with Gasteiger partial charge in [0.2, 0.25) is 11.8 Å². The van der Waals surface area contributed by atoms with Gasteiger partial charge in [0.25, 0.3) is 0 Å². The topological polar surface area (TPSA) is 84.5 Å². The van der Waals surface area contributed by atoms with Crippen molar-refractivity contribution in [2.75, 3.05) is 17.2 Å². The predicted molar refractivity (Wildman–Crippen MR) is 105 cm³/mol. The summed E-state index contributed by atoms with van der Waals surface area (Å²) >= 11 is 6.15. The Morgan fingerprint density at radius 1 is 1.00 bits per heavy atom. The molecule has 6 nitrogen and oxygen atoms in total. The van der Waals surface area contributed by atoms with E-state index in [1.807, 2.05) is 19.9 Å². The number of halogens is 1. The maximum Gasteiger partial charge on any atom is 0.338 e. The van der Waals surface area contributed by atoms with Crippen molar-refractivity contribution in [1.29, 1.82) is 0 Å². The molecule has 0 aliphatic carbocycles. The first kappa shape index (κ1) is 20.5. The molecule has 27 heavy (non-hydrogen) atoms. The van der Waals surface area contributed by atoms with E-state index in [-0.39, 0.29) is 13.0 Å². The van der Waals surface area contributed by atoms with Gasteiger partial charge in [-0.05, 0) is 62.2 Å². The predicted octanol–water partition coefficient (Wildman–Crippen LogP) is 4.10. The molecule has 0 spiro atoms. The van der Waals surface area contributed by atoms with Crippen LogP contribution in [0.15, 0.2) is 36.4 Å². The second kappa shape index (κ2) is 9.19. The molecule has 0 aliphatic heterocycles. The Bertz CT molecular complexity index is 840. The van der Waals surface area contributed by atoms with Crippen LogP contribution in [-0.4, -0.2) is 24.4 Å². The van der Waals surface area contributed by atoms with E-state index in [1.165, 1.54) is 0 Å². The van der Waals surface area contributed by atoms with Crippen LogP contribution < -0.4 is 10.6 Å². The summed E-state index contributed by atoms with van der Waals surface area (Å²) in [6, 6.07) is 9.88. The molecule has 0 unspecified atom stereocenters. The van der Waals surface area contributed by atoms with Crippen LogP contribution in [-0.2, 0) is 14.3 Å². The zero-order valence-corrected chi connectivity index (χ0v) is 16.1. The molecule has 0 saturated heterocycles. The lowest BCUT2D eigenvalue weighted by atomic mass is 10.1. The molecular weight excluding hydrogens is 368 g/mol. The maximum atomic E-state index is 12.1. The summed E-state index contributed by atoms with van der Waals surface area (Å²) in [4.78, 5) is 35.8. The average molecular weight is 389 g/mol. The lowest BCUT2D eigenvalue weighted by Crippen LogP contribution is -2.22. The Morgan fingerprint density at radius 3 is 2.22 bits per heavy atom. The van der Waals surface area contributed by atoms with Crippen LogP contribution in [0.3, 0.4) is 0 Å². The third kappa shape index (κ3) is 5.82. The van der Waals surface area contributed by atoms with Gasteiger partial charge in [0.05, 0.1) is 22.9 Å². The van der Waals surface area contributed by atoms with Gasteiger partial charge in [-0.1, -0.05) is 17.7 Å². The van der Waals surface area contributed by atoms with E-state index in [0.29, 0.717) is 22.0 Å². The fourth-order valence-electron chi connectivity index (χ4n) is 2.51. The van der Waals surface area contributed by atoms with Crippen molar-refractivity contribution >= 4 is 40.8 Å². The molecule has 2 aromatic carbocycles. The van der Waals surface area contributed by atoms with Gasteiger partial charge in [0.15, 0.2) is 0 Å². The zero-order chi connectivity index (χ0) is 20.0. The van der Waals surface area contributed by atoms with E-state index in [9.17, 15) is 14.4 Å². The molecule has 0 aromatic heterocycles. The van der Waals surface area contributed by atoms with Gasteiger partial charge in [-0.2, -0.15) is 0 Å². The Kier molecular flexibility index (Phi) is 6.96. The van der Waals surface area contributed by atoms with Crippen molar-refractivity contribution in [3.8, 4) is 0 Å². The fourth-order valence-corrected chi connectivity index (χ4v) is 2.88. The quantitative estimate of drug-likeness (QED) is 0.576. The molecule has 0 saturated carbocycles. The van der Waals surface area contributed by atoms with Crippen LogP contribution in [0.4, 0.5) is 11.4 Å². The first-order chi connectivity index (χ1) is 12.8. The van der Waals surface area contributed by atoms with E-state index in [0.717, 1.165) is 11.1 Å². The normalized spacial score (nSPS) is 10.2. The number of rotatable bonds is 6. The summed E-state index contributed by atoms with van der Waals surface area (Å²) in [5.41, 5.74) is 3.17. The van der Waals surface area contributed by atoms with Crippen LogP contribution in [0.2, 0.25) is 5.02 Å². The highest BCUT2D eigenvalue weighted by molar-refractivity contribution is 6.34. The minimum absolute atomic E-state index is 0.289. The molecule has 0 heterocycles. The first-order valence-electron chi connectivity index (χ1n) is 8.43. The molecule has 0 aliphatic rings. The van der Waals surface area contributed by atoms with Crippen molar-refractivity contribution in [3.05, 3.63) is 58.1 Å². The van der Waals surface area contributed by atoms with E-state index in [1.54, 1.807) is 37.3 Å². The van der Waals surface area contributed by atoms with Crippen LogP contribution in [0.5, 0.6) is 0 Å². The summed E-state index contributed by atoms with van der Waals surface area (Å²) < 4.78 is 4.89. The summed E-state index contributed by atoms with van der Waals surface area (Å²) in [7, 11) is 0. The molecule has 2 N–H and O–H groups in total.